The highest BCUT2D eigenvalue weighted by Gasteiger charge is 2.16. The summed E-state index contributed by atoms with van der Waals surface area (Å²) in [7, 11) is 0. The van der Waals surface area contributed by atoms with E-state index in [0.717, 1.165) is 43.2 Å². The normalized spacial score (nSPS) is 12.0. The lowest BCUT2D eigenvalue weighted by Gasteiger charge is -2.14. The van der Waals surface area contributed by atoms with Crippen molar-refractivity contribution in [3.8, 4) is 0 Å². The largest absolute Gasteiger partial charge is 0.511 e. The monoisotopic (exact) mass is 572 g/mol. The Morgan fingerprint density at radius 3 is 1.22 bits per heavy atom. The molecular formula is C31H40O10. The molecule has 10 nitrogen and oxygen atoms in total. The van der Waals surface area contributed by atoms with E-state index in [1.807, 2.05) is 60.7 Å². The summed E-state index contributed by atoms with van der Waals surface area (Å²) in [6, 6.07) is 18.4. The number of carbonyl (C=O) groups is 4. The number of rotatable bonds is 18. The highest BCUT2D eigenvalue weighted by atomic mass is 16.8. The maximum atomic E-state index is 11.9. The highest BCUT2D eigenvalue weighted by Crippen LogP contribution is 2.12. The average molecular weight is 573 g/mol. The van der Waals surface area contributed by atoms with Crippen LogP contribution in [0.15, 0.2) is 60.7 Å². The Hall–Kier alpha value is -4.08. The molecule has 2 aromatic carbocycles. The molecule has 0 aliphatic heterocycles. The molecule has 0 radical (unpaired) electrons. The minimum Gasteiger partial charge on any atom is -0.429 e. The summed E-state index contributed by atoms with van der Waals surface area (Å²) in [5.41, 5.74) is 1.65. The third-order valence-corrected chi connectivity index (χ3v) is 5.78. The van der Waals surface area contributed by atoms with Gasteiger partial charge in [0.1, 0.15) is 13.2 Å². The van der Waals surface area contributed by atoms with Crippen LogP contribution in [0.2, 0.25) is 0 Å². The molecule has 0 fully saturated rings. The molecule has 0 N–H and O–H groups in total. The molecule has 0 aliphatic carbocycles. The van der Waals surface area contributed by atoms with E-state index < -0.39 is 36.8 Å². The van der Waals surface area contributed by atoms with E-state index in [2.05, 4.69) is 0 Å². The van der Waals surface area contributed by atoms with Crippen LogP contribution in [0.3, 0.4) is 0 Å². The zero-order chi connectivity index (χ0) is 29.7. The molecule has 224 valence electrons. The van der Waals surface area contributed by atoms with Gasteiger partial charge in [0.25, 0.3) is 0 Å². The fourth-order valence-corrected chi connectivity index (χ4v) is 3.73. The Morgan fingerprint density at radius 2 is 0.854 bits per heavy atom. The summed E-state index contributed by atoms with van der Waals surface area (Å²) in [5.74, 6) is -0.871. The predicted octanol–water partition coefficient (Wildman–Crippen LogP) is 6.98. The van der Waals surface area contributed by atoms with Crippen LogP contribution in [0, 0.1) is 0 Å². The van der Waals surface area contributed by atoms with Crippen LogP contribution in [0.4, 0.5) is 9.59 Å². The Bertz CT molecular complexity index is 958. The third-order valence-electron chi connectivity index (χ3n) is 5.78. The first-order valence-corrected chi connectivity index (χ1v) is 14.0. The van der Waals surface area contributed by atoms with Crippen molar-refractivity contribution in [1.82, 2.24) is 0 Å². The van der Waals surface area contributed by atoms with Gasteiger partial charge in [0.2, 0.25) is 12.6 Å². The Morgan fingerprint density at radius 1 is 0.512 bits per heavy atom. The van der Waals surface area contributed by atoms with Crippen molar-refractivity contribution >= 4 is 24.2 Å². The molecule has 0 heterocycles. The number of ether oxygens (including phenoxy) is 6. The maximum Gasteiger partial charge on any atom is 0.511 e. The van der Waals surface area contributed by atoms with E-state index in [-0.39, 0.29) is 26.1 Å². The van der Waals surface area contributed by atoms with Crippen molar-refractivity contribution < 1.29 is 47.6 Å². The molecule has 0 saturated heterocycles. The van der Waals surface area contributed by atoms with Crippen molar-refractivity contribution in [1.29, 1.82) is 0 Å². The van der Waals surface area contributed by atoms with Crippen molar-refractivity contribution in [2.45, 2.75) is 97.4 Å². The second-order valence-corrected chi connectivity index (χ2v) is 9.37. The van der Waals surface area contributed by atoms with Crippen molar-refractivity contribution in [2.75, 3.05) is 0 Å². The number of hydrogen-bond acceptors (Lipinski definition) is 10. The summed E-state index contributed by atoms with van der Waals surface area (Å²) in [5, 5.41) is 0. The molecular weight excluding hydrogens is 532 g/mol. The van der Waals surface area contributed by atoms with Crippen molar-refractivity contribution in [3.63, 3.8) is 0 Å². The third kappa shape index (κ3) is 16.6. The van der Waals surface area contributed by atoms with Crippen LogP contribution in [0.25, 0.3) is 0 Å². The first-order chi connectivity index (χ1) is 19.8. The van der Waals surface area contributed by atoms with Gasteiger partial charge in [-0.15, -0.1) is 0 Å². The average Bonchev–Trinajstić information content (AvgIpc) is 2.95. The van der Waals surface area contributed by atoms with E-state index in [4.69, 9.17) is 28.4 Å². The zero-order valence-electron chi connectivity index (χ0n) is 23.8. The van der Waals surface area contributed by atoms with Crippen molar-refractivity contribution in [3.05, 3.63) is 71.8 Å². The number of hydrogen-bond donors (Lipinski definition) is 0. The topological polar surface area (TPSA) is 124 Å². The SMILES string of the molecule is CC(OC(=O)CCCCCCCCCC(=O)OC(C)OC(=O)OCc1ccccc1)OC(=O)OCc1ccccc1. The van der Waals surface area contributed by atoms with E-state index in [9.17, 15) is 19.2 Å². The van der Waals surface area contributed by atoms with Crippen molar-refractivity contribution in [2.24, 2.45) is 0 Å². The second kappa shape index (κ2) is 19.9. The molecule has 0 aromatic heterocycles. The Labute approximate surface area is 241 Å². The van der Waals surface area contributed by atoms with Gasteiger partial charge in [0.15, 0.2) is 0 Å². The molecule has 2 unspecified atom stereocenters. The highest BCUT2D eigenvalue weighted by molar-refractivity contribution is 5.70. The molecule has 0 amide bonds. The summed E-state index contributed by atoms with van der Waals surface area (Å²) in [4.78, 5) is 47.3. The summed E-state index contributed by atoms with van der Waals surface area (Å²) in [6.07, 6.45) is 2.55. The van der Waals surface area contributed by atoms with Gasteiger partial charge in [0, 0.05) is 26.7 Å². The molecule has 0 saturated carbocycles. The van der Waals surface area contributed by atoms with Crippen LogP contribution < -0.4 is 0 Å². The fraction of sp³-hybridized carbons (Fsp3) is 0.484. The van der Waals surface area contributed by atoms with E-state index in [0.29, 0.717) is 12.8 Å². The molecule has 2 atom stereocenters. The Kier molecular flexibility index (Phi) is 16.1. The number of benzene rings is 2. The summed E-state index contributed by atoms with van der Waals surface area (Å²) in [6.45, 7) is 3.08. The summed E-state index contributed by atoms with van der Waals surface area (Å²) >= 11 is 0. The van der Waals surface area contributed by atoms with Gasteiger partial charge in [-0.05, 0) is 24.0 Å². The first kappa shape index (κ1) is 33.1. The molecule has 41 heavy (non-hydrogen) atoms. The van der Waals surface area contributed by atoms with E-state index in [1.54, 1.807) is 0 Å². The fourth-order valence-electron chi connectivity index (χ4n) is 3.73. The van der Waals surface area contributed by atoms with Gasteiger partial charge in [-0.25, -0.2) is 9.59 Å². The van der Waals surface area contributed by atoms with Gasteiger partial charge in [-0.2, -0.15) is 0 Å². The molecule has 2 rings (SSSR count). The lowest BCUT2D eigenvalue weighted by Crippen LogP contribution is -2.22. The van der Waals surface area contributed by atoms with Gasteiger partial charge >= 0.3 is 24.2 Å². The zero-order valence-corrected chi connectivity index (χ0v) is 23.8. The van der Waals surface area contributed by atoms with Crippen LogP contribution >= 0.6 is 0 Å². The lowest BCUT2D eigenvalue weighted by molar-refractivity contribution is -0.169. The first-order valence-electron chi connectivity index (χ1n) is 14.0. The lowest BCUT2D eigenvalue weighted by atomic mass is 10.1. The molecule has 0 spiro atoms. The van der Waals surface area contributed by atoms with E-state index in [1.165, 1.54) is 13.8 Å². The minimum atomic E-state index is -1.03. The van der Waals surface area contributed by atoms with Crippen LogP contribution in [0.1, 0.15) is 82.8 Å². The van der Waals surface area contributed by atoms with Crippen LogP contribution in [-0.4, -0.2) is 36.8 Å². The van der Waals surface area contributed by atoms with Gasteiger partial charge in [-0.1, -0.05) is 92.8 Å². The van der Waals surface area contributed by atoms with Gasteiger partial charge < -0.3 is 28.4 Å². The Balaban J connectivity index is 1.40. The van der Waals surface area contributed by atoms with Crippen LogP contribution in [-0.2, 0) is 51.2 Å². The summed E-state index contributed by atoms with van der Waals surface area (Å²) < 4.78 is 30.1. The smallest absolute Gasteiger partial charge is 0.429 e. The maximum absolute atomic E-state index is 11.9. The number of carbonyl (C=O) groups excluding carboxylic acids is 4. The van der Waals surface area contributed by atoms with Crippen LogP contribution in [0.5, 0.6) is 0 Å². The number of esters is 2. The molecule has 2 aromatic rings. The standard InChI is InChI=1S/C31H40O10/c1-24(40-30(34)36-22-26-16-10-8-11-17-26)38-28(32)20-14-6-4-3-5-7-15-21-29(33)39-25(2)41-31(35)37-23-27-18-12-9-13-19-27/h8-13,16-19,24-25H,3-7,14-15,20-23H2,1-2H3. The molecule has 10 heteroatoms. The van der Waals surface area contributed by atoms with E-state index >= 15 is 0 Å². The van der Waals surface area contributed by atoms with Gasteiger partial charge in [-0.3, -0.25) is 9.59 Å². The molecule has 0 aliphatic rings. The predicted molar refractivity (Wildman–Crippen MR) is 148 cm³/mol. The number of unbranched alkanes of at least 4 members (excludes halogenated alkanes) is 6. The quantitative estimate of drug-likeness (QED) is 0.0799. The van der Waals surface area contributed by atoms with Gasteiger partial charge in [0.05, 0.1) is 0 Å². The second-order valence-electron chi connectivity index (χ2n) is 9.37. The molecule has 0 bridgehead atoms. The minimum absolute atomic E-state index is 0.0759.